The number of likely N-dealkylation sites (N-methyl/N-ethyl adjacent to an activating group) is 1. The van der Waals surface area contributed by atoms with Crippen LogP contribution >= 0.6 is 7.82 Å². The number of phosphoric acid groups is 1. The fraction of sp³-hybridized carbons (Fsp3) is 0.692. The molecule has 2 unspecified atom stereocenters. The SMILES string of the molecule is CC/C=C\C/C=C\C/C=C\C/C=C\C/C=C\C/C=C\CCC(=O)OCC(COP(=O)(O)OCCNC)OC(=O)CCCCCCCCCCCCC/C=C\CCCCCCCC. The Labute approximate surface area is 379 Å². The second-order valence-electron chi connectivity index (χ2n) is 15.9. The number of carbonyl (C=O) groups excluding carboxylic acids is 2. The molecule has 0 amide bonds. The van der Waals surface area contributed by atoms with Gasteiger partial charge in [-0.25, -0.2) is 4.57 Å². The van der Waals surface area contributed by atoms with Crippen LogP contribution in [0.4, 0.5) is 0 Å². The Bertz CT molecular complexity index is 1290. The standard InChI is InChI=1S/C52H90NO8P/c1-4-6-8-10-12-14-16-18-20-22-24-25-27-29-31-33-35-37-39-41-43-45-52(55)61-50(49-60-62(56,57)59-47-46-53-3)48-58-51(54)44-42-40-38-36-34-32-30-28-26-23-21-19-17-15-13-11-9-7-5-2/h7,9,13,15,18-21,26,28,32,34,38,40,50,53H,4-6,8,10-12,14,16-17,22-25,27,29-31,33,35-37,39,41-49H2,1-3H3,(H,56,57)/b9-7-,15-13-,20-18-,21-19-,28-26-,34-32-,40-38-. The van der Waals surface area contributed by atoms with Crippen LogP contribution < -0.4 is 5.32 Å². The van der Waals surface area contributed by atoms with Gasteiger partial charge in [0.05, 0.1) is 13.2 Å². The minimum atomic E-state index is -4.37. The molecule has 2 atom stereocenters. The second kappa shape index (κ2) is 47.7. The number of hydrogen-bond acceptors (Lipinski definition) is 8. The summed E-state index contributed by atoms with van der Waals surface area (Å²) in [5, 5.41) is 2.82. The molecule has 0 bridgehead atoms. The summed E-state index contributed by atoms with van der Waals surface area (Å²) in [6.07, 6.45) is 59.3. The number of phosphoric ester groups is 1. The number of unbranched alkanes of at least 4 members (excludes halogenated alkanes) is 17. The van der Waals surface area contributed by atoms with Crippen LogP contribution in [-0.4, -0.2) is 56.3 Å². The van der Waals surface area contributed by atoms with Crippen molar-refractivity contribution in [2.75, 3.05) is 33.4 Å². The summed E-state index contributed by atoms with van der Waals surface area (Å²) in [4.78, 5) is 35.2. The lowest BCUT2D eigenvalue weighted by molar-refractivity contribution is -0.161. The van der Waals surface area contributed by atoms with E-state index < -0.39 is 32.5 Å². The Morgan fingerprint density at radius 1 is 0.516 bits per heavy atom. The van der Waals surface area contributed by atoms with Crippen molar-refractivity contribution in [1.29, 1.82) is 0 Å². The van der Waals surface area contributed by atoms with Crippen LogP contribution in [0.3, 0.4) is 0 Å². The smallest absolute Gasteiger partial charge is 0.462 e. The summed E-state index contributed by atoms with van der Waals surface area (Å²) in [6, 6.07) is 0. The summed E-state index contributed by atoms with van der Waals surface area (Å²) >= 11 is 0. The van der Waals surface area contributed by atoms with E-state index in [1.807, 2.05) is 12.2 Å². The fourth-order valence-corrected chi connectivity index (χ4v) is 7.09. The van der Waals surface area contributed by atoms with Crippen molar-refractivity contribution in [3.05, 3.63) is 85.1 Å². The maximum absolute atomic E-state index is 12.7. The van der Waals surface area contributed by atoms with Gasteiger partial charge in [-0.1, -0.05) is 189 Å². The van der Waals surface area contributed by atoms with E-state index in [4.69, 9.17) is 18.5 Å². The van der Waals surface area contributed by atoms with Crippen molar-refractivity contribution in [2.45, 2.75) is 200 Å². The first-order valence-corrected chi connectivity index (χ1v) is 26.0. The molecule has 0 fully saturated rings. The molecule has 9 nitrogen and oxygen atoms in total. The molecule has 0 radical (unpaired) electrons. The lowest BCUT2D eigenvalue weighted by Gasteiger charge is -2.20. The maximum atomic E-state index is 12.7. The third kappa shape index (κ3) is 46.7. The number of nitrogens with one attached hydrogen (secondary N) is 1. The molecule has 0 saturated heterocycles. The largest absolute Gasteiger partial charge is 0.472 e. The highest BCUT2D eigenvalue weighted by atomic mass is 31.2. The van der Waals surface area contributed by atoms with Crippen LogP contribution in [0.1, 0.15) is 194 Å². The summed E-state index contributed by atoms with van der Waals surface area (Å²) < 4.78 is 33.2. The summed E-state index contributed by atoms with van der Waals surface area (Å²) in [7, 11) is -2.68. The summed E-state index contributed by atoms with van der Waals surface area (Å²) in [5.74, 6) is -0.908. The first kappa shape index (κ1) is 59.2. The van der Waals surface area contributed by atoms with E-state index in [1.54, 1.807) is 7.05 Å². The number of allylic oxidation sites excluding steroid dienone is 14. The average molecular weight is 888 g/mol. The van der Waals surface area contributed by atoms with Crippen molar-refractivity contribution >= 4 is 19.8 Å². The van der Waals surface area contributed by atoms with Crippen LogP contribution in [0, 0.1) is 0 Å². The molecule has 0 aromatic heterocycles. The molecule has 356 valence electrons. The highest BCUT2D eigenvalue weighted by Crippen LogP contribution is 2.43. The Morgan fingerprint density at radius 3 is 1.44 bits per heavy atom. The van der Waals surface area contributed by atoms with Gasteiger partial charge in [0.2, 0.25) is 0 Å². The number of rotatable bonds is 45. The zero-order valence-corrected chi connectivity index (χ0v) is 40.4. The van der Waals surface area contributed by atoms with Gasteiger partial charge in [0.15, 0.2) is 6.10 Å². The molecule has 0 aliphatic rings. The van der Waals surface area contributed by atoms with Gasteiger partial charge in [-0.2, -0.15) is 0 Å². The van der Waals surface area contributed by atoms with Crippen LogP contribution in [0.2, 0.25) is 0 Å². The van der Waals surface area contributed by atoms with Crippen LogP contribution in [-0.2, 0) is 32.7 Å². The lowest BCUT2D eigenvalue weighted by atomic mass is 10.0. The van der Waals surface area contributed by atoms with Crippen LogP contribution in [0.5, 0.6) is 0 Å². The van der Waals surface area contributed by atoms with Crippen molar-refractivity contribution < 1.29 is 37.6 Å². The normalized spacial score (nSPS) is 13.9. The van der Waals surface area contributed by atoms with Crippen LogP contribution in [0.25, 0.3) is 0 Å². The van der Waals surface area contributed by atoms with E-state index in [1.165, 1.54) is 96.3 Å². The van der Waals surface area contributed by atoms with Crippen molar-refractivity contribution in [3.63, 3.8) is 0 Å². The molecular formula is C52H90NO8P. The Morgan fingerprint density at radius 2 is 0.952 bits per heavy atom. The van der Waals surface area contributed by atoms with Crippen molar-refractivity contribution in [3.8, 4) is 0 Å². The maximum Gasteiger partial charge on any atom is 0.472 e. The van der Waals surface area contributed by atoms with E-state index in [0.717, 1.165) is 57.8 Å². The average Bonchev–Trinajstić information content (AvgIpc) is 3.26. The predicted molar refractivity (Wildman–Crippen MR) is 261 cm³/mol. The van der Waals surface area contributed by atoms with E-state index in [9.17, 15) is 19.0 Å². The zero-order chi connectivity index (χ0) is 45.3. The number of esters is 2. The van der Waals surface area contributed by atoms with Gasteiger partial charge in [0.25, 0.3) is 0 Å². The van der Waals surface area contributed by atoms with Gasteiger partial charge in [0.1, 0.15) is 6.61 Å². The minimum Gasteiger partial charge on any atom is -0.462 e. The van der Waals surface area contributed by atoms with Gasteiger partial charge >= 0.3 is 19.8 Å². The quantitative estimate of drug-likeness (QED) is 0.0266. The molecule has 10 heteroatoms. The molecule has 0 saturated carbocycles. The summed E-state index contributed by atoms with van der Waals surface area (Å²) in [6.45, 7) is 4.02. The molecule has 0 aliphatic carbocycles. The van der Waals surface area contributed by atoms with Gasteiger partial charge in [-0.05, 0) is 84.1 Å². The third-order valence-corrected chi connectivity index (χ3v) is 11.0. The van der Waals surface area contributed by atoms with E-state index in [2.05, 4.69) is 92.1 Å². The Balaban J connectivity index is 4.26. The van der Waals surface area contributed by atoms with E-state index >= 15 is 0 Å². The third-order valence-electron chi connectivity index (χ3n) is 10.0. The lowest BCUT2D eigenvalue weighted by Crippen LogP contribution is -2.29. The minimum absolute atomic E-state index is 0.0319. The van der Waals surface area contributed by atoms with E-state index in [0.29, 0.717) is 19.4 Å². The first-order valence-electron chi connectivity index (χ1n) is 24.5. The molecule has 0 rings (SSSR count). The van der Waals surface area contributed by atoms with Gasteiger partial charge in [-0.15, -0.1) is 0 Å². The van der Waals surface area contributed by atoms with Gasteiger partial charge in [-0.3, -0.25) is 18.6 Å². The molecule has 0 heterocycles. The van der Waals surface area contributed by atoms with Crippen molar-refractivity contribution in [1.82, 2.24) is 5.32 Å². The Kier molecular flexibility index (Phi) is 45.5. The molecule has 0 aromatic carbocycles. The number of hydrogen-bond donors (Lipinski definition) is 2. The van der Waals surface area contributed by atoms with Crippen molar-refractivity contribution in [2.24, 2.45) is 0 Å². The molecule has 0 spiro atoms. The number of carbonyl (C=O) groups is 2. The fourth-order valence-electron chi connectivity index (χ4n) is 6.34. The van der Waals surface area contributed by atoms with E-state index in [-0.39, 0.29) is 26.1 Å². The highest BCUT2D eigenvalue weighted by molar-refractivity contribution is 7.47. The monoisotopic (exact) mass is 888 g/mol. The molecular weight excluding hydrogens is 798 g/mol. The molecule has 62 heavy (non-hydrogen) atoms. The predicted octanol–water partition coefficient (Wildman–Crippen LogP) is 14.7. The Hall–Kier alpha value is -2.81. The topological polar surface area (TPSA) is 120 Å². The zero-order valence-electron chi connectivity index (χ0n) is 39.5. The molecule has 2 N–H and O–H groups in total. The van der Waals surface area contributed by atoms with Crippen LogP contribution in [0.15, 0.2) is 85.1 Å². The molecule has 0 aromatic rings. The second-order valence-corrected chi connectivity index (χ2v) is 17.4. The van der Waals surface area contributed by atoms with Gasteiger partial charge < -0.3 is 19.7 Å². The number of ether oxygens (including phenoxy) is 2. The first-order chi connectivity index (χ1) is 30.3. The highest BCUT2D eigenvalue weighted by Gasteiger charge is 2.26. The van der Waals surface area contributed by atoms with Gasteiger partial charge in [0, 0.05) is 19.4 Å². The summed E-state index contributed by atoms with van der Waals surface area (Å²) in [5.41, 5.74) is 0. The molecule has 0 aliphatic heterocycles.